The molecule has 102 valence electrons. The highest BCUT2D eigenvalue weighted by molar-refractivity contribution is 6.02. The van der Waals surface area contributed by atoms with E-state index in [-0.39, 0.29) is 17.9 Å². The van der Waals surface area contributed by atoms with E-state index in [1.54, 1.807) is 17.8 Å². The quantitative estimate of drug-likeness (QED) is 0.807. The van der Waals surface area contributed by atoms with E-state index < -0.39 is 11.7 Å². The highest BCUT2D eigenvalue weighted by Crippen LogP contribution is 2.14. The Morgan fingerprint density at radius 1 is 1.55 bits per heavy atom. The number of aliphatic hydroxyl groups is 1. The average molecular weight is 273 g/mol. The molecule has 0 unspecified atom stereocenters. The first-order chi connectivity index (χ1) is 9.60. The first-order valence-electron chi connectivity index (χ1n) is 5.79. The van der Waals surface area contributed by atoms with Crippen LogP contribution in [0.2, 0.25) is 0 Å². The van der Waals surface area contributed by atoms with Crippen LogP contribution >= 0.6 is 0 Å². The summed E-state index contributed by atoms with van der Waals surface area (Å²) in [4.78, 5) is 15.8. The Hall–Kier alpha value is -2.65. The van der Waals surface area contributed by atoms with Gasteiger partial charge in [-0.25, -0.2) is 9.37 Å². The molecule has 0 atom stereocenters. The Balaban J connectivity index is 2.19. The number of rotatable bonds is 2. The van der Waals surface area contributed by atoms with Gasteiger partial charge < -0.3 is 15.0 Å². The fraction of sp³-hybridized carbons (Fsp3) is 0.143. The van der Waals surface area contributed by atoms with Crippen molar-refractivity contribution in [2.24, 2.45) is 7.05 Å². The predicted octanol–water partition coefficient (Wildman–Crippen LogP) is 1.16. The van der Waals surface area contributed by atoms with Crippen molar-refractivity contribution in [2.75, 3.05) is 11.9 Å². The van der Waals surface area contributed by atoms with Crippen molar-refractivity contribution >= 4 is 11.6 Å². The lowest BCUT2D eigenvalue weighted by Gasteiger charge is -2.04. The van der Waals surface area contributed by atoms with Crippen LogP contribution in [0.4, 0.5) is 10.1 Å². The SMILES string of the molecule is Cn1cnc(C(=O)Nc2ccc(F)c(C#CCO)c2)c1. The molecule has 0 saturated heterocycles. The van der Waals surface area contributed by atoms with Crippen molar-refractivity contribution in [1.82, 2.24) is 9.55 Å². The molecular formula is C14H12FN3O2. The van der Waals surface area contributed by atoms with Crippen LogP contribution in [0, 0.1) is 17.7 Å². The van der Waals surface area contributed by atoms with Crippen LogP contribution in [0.15, 0.2) is 30.7 Å². The molecule has 0 spiro atoms. The van der Waals surface area contributed by atoms with Crippen LogP contribution in [-0.4, -0.2) is 27.2 Å². The van der Waals surface area contributed by atoms with E-state index in [4.69, 9.17) is 5.11 Å². The van der Waals surface area contributed by atoms with Crippen LogP contribution < -0.4 is 5.32 Å². The summed E-state index contributed by atoms with van der Waals surface area (Å²) in [5.74, 6) is 3.93. The van der Waals surface area contributed by atoms with Gasteiger partial charge >= 0.3 is 0 Å². The normalized spacial score (nSPS) is 9.75. The summed E-state index contributed by atoms with van der Waals surface area (Å²) in [7, 11) is 1.75. The number of carbonyl (C=O) groups is 1. The number of halogens is 1. The second-order valence-corrected chi connectivity index (χ2v) is 4.03. The number of imidazole rings is 1. The second kappa shape index (κ2) is 5.99. The molecule has 2 rings (SSSR count). The molecule has 0 radical (unpaired) electrons. The fourth-order valence-electron chi connectivity index (χ4n) is 1.56. The van der Waals surface area contributed by atoms with Gasteiger partial charge in [0.25, 0.3) is 5.91 Å². The van der Waals surface area contributed by atoms with Crippen LogP contribution in [0.25, 0.3) is 0 Å². The molecule has 0 bridgehead atoms. The number of nitrogens with zero attached hydrogens (tertiary/aromatic N) is 2. The Kier molecular flexibility index (Phi) is 4.13. The molecule has 0 saturated carbocycles. The van der Waals surface area contributed by atoms with Gasteiger partial charge in [-0.3, -0.25) is 4.79 Å². The van der Waals surface area contributed by atoms with Gasteiger partial charge in [0.2, 0.25) is 0 Å². The molecule has 1 amide bonds. The Morgan fingerprint density at radius 3 is 3.00 bits per heavy atom. The minimum Gasteiger partial charge on any atom is -0.384 e. The van der Waals surface area contributed by atoms with Crippen molar-refractivity contribution in [3.8, 4) is 11.8 Å². The maximum Gasteiger partial charge on any atom is 0.275 e. The van der Waals surface area contributed by atoms with Gasteiger partial charge in [0.15, 0.2) is 0 Å². The third-order valence-corrected chi connectivity index (χ3v) is 2.46. The van der Waals surface area contributed by atoms with Gasteiger partial charge in [0.05, 0.1) is 11.9 Å². The van der Waals surface area contributed by atoms with Crippen LogP contribution in [-0.2, 0) is 7.05 Å². The largest absolute Gasteiger partial charge is 0.384 e. The average Bonchev–Trinajstić information content (AvgIpc) is 2.86. The third-order valence-electron chi connectivity index (χ3n) is 2.46. The lowest BCUT2D eigenvalue weighted by molar-refractivity contribution is 0.102. The van der Waals surface area contributed by atoms with E-state index in [9.17, 15) is 9.18 Å². The van der Waals surface area contributed by atoms with Gasteiger partial charge in [-0.2, -0.15) is 0 Å². The van der Waals surface area contributed by atoms with Crippen LogP contribution in [0.3, 0.4) is 0 Å². The standard InChI is InChI=1S/C14H12FN3O2/c1-18-8-13(16-9-18)14(20)17-11-4-5-12(15)10(7-11)3-2-6-19/h4-5,7-9,19H,6H2,1H3,(H,17,20). The summed E-state index contributed by atoms with van der Waals surface area (Å²) in [6, 6.07) is 4.04. The number of hydrogen-bond donors (Lipinski definition) is 2. The molecule has 6 heteroatoms. The maximum absolute atomic E-state index is 13.4. The minimum absolute atomic E-state index is 0.109. The zero-order valence-electron chi connectivity index (χ0n) is 10.7. The van der Waals surface area contributed by atoms with Gasteiger partial charge in [-0.1, -0.05) is 11.8 Å². The molecule has 0 aliphatic carbocycles. The van der Waals surface area contributed by atoms with Gasteiger partial charge in [-0.15, -0.1) is 0 Å². The number of anilines is 1. The Bertz CT molecular complexity index is 698. The number of benzene rings is 1. The topological polar surface area (TPSA) is 67.2 Å². The van der Waals surface area contributed by atoms with Crippen molar-refractivity contribution < 1.29 is 14.3 Å². The number of aromatic nitrogens is 2. The molecule has 1 aromatic heterocycles. The summed E-state index contributed by atoms with van der Waals surface area (Å²) in [6.07, 6.45) is 3.09. The molecule has 1 aromatic carbocycles. The van der Waals surface area contributed by atoms with Crippen LogP contribution in [0.1, 0.15) is 16.1 Å². The van der Waals surface area contributed by atoms with Gasteiger partial charge in [-0.05, 0) is 18.2 Å². The van der Waals surface area contributed by atoms with E-state index in [0.29, 0.717) is 5.69 Å². The number of nitrogens with one attached hydrogen (secondary N) is 1. The third kappa shape index (κ3) is 3.22. The first-order valence-corrected chi connectivity index (χ1v) is 5.79. The van der Waals surface area contributed by atoms with Crippen molar-refractivity contribution in [3.63, 3.8) is 0 Å². The zero-order chi connectivity index (χ0) is 14.5. The highest BCUT2D eigenvalue weighted by atomic mass is 19.1. The lowest BCUT2D eigenvalue weighted by atomic mass is 10.2. The molecule has 2 N–H and O–H groups in total. The fourth-order valence-corrected chi connectivity index (χ4v) is 1.56. The molecular weight excluding hydrogens is 261 g/mol. The number of aryl methyl sites for hydroxylation is 1. The van der Waals surface area contributed by atoms with E-state index in [1.165, 1.54) is 24.5 Å². The summed E-state index contributed by atoms with van der Waals surface area (Å²) >= 11 is 0. The van der Waals surface area contributed by atoms with E-state index in [0.717, 1.165) is 0 Å². The monoisotopic (exact) mass is 273 g/mol. The Morgan fingerprint density at radius 2 is 2.35 bits per heavy atom. The Labute approximate surface area is 115 Å². The molecule has 0 fully saturated rings. The molecule has 20 heavy (non-hydrogen) atoms. The summed E-state index contributed by atoms with van der Waals surface area (Å²) in [6.45, 7) is -0.357. The van der Waals surface area contributed by atoms with Crippen molar-refractivity contribution in [3.05, 3.63) is 47.8 Å². The van der Waals surface area contributed by atoms with Gasteiger partial charge in [0.1, 0.15) is 18.1 Å². The molecule has 2 aromatic rings. The smallest absolute Gasteiger partial charge is 0.275 e. The van der Waals surface area contributed by atoms with Crippen molar-refractivity contribution in [1.29, 1.82) is 0 Å². The summed E-state index contributed by atoms with van der Waals surface area (Å²) < 4.78 is 15.1. The van der Waals surface area contributed by atoms with Crippen molar-refractivity contribution in [2.45, 2.75) is 0 Å². The summed E-state index contributed by atoms with van der Waals surface area (Å²) in [5.41, 5.74) is 0.780. The maximum atomic E-state index is 13.4. The highest BCUT2D eigenvalue weighted by Gasteiger charge is 2.10. The number of carbonyl (C=O) groups excluding carboxylic acids is 1. The van der Waals surface area contributed by atoms with E-state index in [1.807, 2.05) is 0 Å². The number of hydrogen-bond acceptors (Lipinski definition) is 3. The zero-order valence-corrected chi connectivity index (χ0v) is 10.7. The first kappa shape index (κ1) is 13.8. The molecule has 5 nitrogen and oxygen atoms in total. The van der Waals surface area contributed by atoms with Crippen LogP contribution in [0.5, 0.6) is 0 Å². The molecule has 0 aliphatic rings. The van der Waals surface area contributed by atoms with E-state index in [2.05, 4.69) is 22.1 Å². The predicted molar refractivity (Wildman–Crippen MR) is 71.5 cm³/mol. The van der Waals surface area contributed by atoms with Gasteiger partial charge in [0, 0.05) is 18.9 Å². The number of aliphatic hydroxyl groups excluding tert-OH is 1. The van der Waals surface area contributed by atoms with E-state index >= 15 is 0 Å². The second-order valence-electron chi connectivity index (χ2n) is 4.03. The molecule has 1 heterocycles. The lowest BCUT2D eigenvalue weighted by Crippen LogP contribution is -2.12. The number of amides is 1. The molecule has 0 aliphatic heterocycles. The minimum atomic E-state index is -0.512. The summed E-state index contributed by atoms with van der Waals surface area (Å²) in [5, 5.41) is 11.2.